The van der Waals surface area contributed by atoms with Gasteiger partial charge in [-0.1, -0.05) is 18.0 Å². The van der Waals surface area contributed by atoms with E-state index in [0.29, 0.717) is 17.4 Å². The molecule has 1 aliphatic carbocycles. The highest BCUT2D eigenvalue weighted by Crippen LogP contribution is 2.27. The molecule has 0 heterocycles. The van der Waals surface area contributed by atoms with Crippen molar-refractivity contribution in [1.82, 2.24) is 0 Å². The highest BCUT2D eigenvalue weighted by atomic mass is 35.5. The van der Waals surface area contributed by atoms with Gasteiger partial charge in [-0.25, -0.2) is 0 Å². The van der Waals surface area contributed by atoms with Crippen LogP contribution in [0.3, 0.4) is 0 Å². The van der Waals surface area contributed by atoms with E-state index in [4.69, 9.17) is 17.3 Å². The van der Waals surface area contributed by atoms with Crippen molar-refractivity contribution < 1.29 is 4.79 Å². The van der Waals surface area contributed by atoms with Crippen molar-refractivity contribution in [2.45, 2.75) is 38.6 Å². The zero-order valence-corrected chi connectivity index (χ0v) is 12.6. The predicted molar refractivity (Wildman–Crippen MR) is 82.0 cm³/mol. The number of nitrogens with one attached hydrogen (secondary N) is 1. The van der Waals surface area contributed by atoms with Gasteiger partial charge in [0.1, 0.15) is 0 Å². The van der Waals surface area contributed by atoms with E-state index in [1.165, 1.54) is 0 Å². The number of anilines is 1. The number of hydrogen-bond donors (Lipinski definition) is 2. The quantitative estimate of drug-likeness (QED) is 0.897. The van der Waals surface area contributed by atoms with Crippen molar-refractivity contribution in [3.8, 4) is 0 Å². The van der Waals surface area contributed by atoms with Crippen LogP contribution in [0, 0.1) is 12.8 Å². The summed E-state index contributed by atoms with van der Waals surface area (Å²) >= 11 is 5.88. The molecule has 2 atom stereocenters. The number of halogens is 2. The summed E-state index contributed by atoms with van der Waals surface area (Å²) < 4.78 is 0. The second-order valence-electron chi connectivity index (χ2n) is 5.07. The maximum absolute atomic E-state index is 12.0. The molecule has 1 amide bonds. The molecule has 0 saturated heterocycles. The lowest BCUT2D eigenvalue weighted by Crippen LogP contribution is -2.28. The van der Waals surface area contributed by atoms with Gasteiger partial charge < -0.3 is 11.1 Å². The van der Waals surface area contributed by atoms with Crippen LogP contribution in [0.5, 0.6) is 0 Å². The van der Waals surface area contributed by atoms with Crippen LogP contribution in [0.4, 0.5) is 5.69 Å². The molecule has 3 nitrogen and oxygen atoms in total. The summed E-state index contributed by atoms with van der Waals surface area (Å²) in [6, 6.07) is 5.65. The highest BCUT2D eigenvalue weighted by Gasteiger charge is 2.26. The summed E-state index contributed by atoms with van der Waals surface area (Å²) in [6.07, 6.45) is 3.76. The van der Waals surface area contributed by atoms with Gasteiger partial charge in [0.2, 0.25) is 5.91 Å². The Morgan fingerprint density at radius 1 is 1.47 bits per heavy atom. The molecule has 2 rings (SSSR count). The first kappa shape index (κ1) is 16.3. The lowest BCUT2D eigenvalue weighted by Gasteiger charge is -2.15. The number of benzene rings is 1. The van der Waals surface area contributed by atoms with E-state index in [0.717, 1.165) is 30.5 Å². The fourth-order valence-corrected chi connectivity index (χ4v) is 2.75. The third-order valence-electron chi connectivity index (χ3n) is 3.63. The number of nitrogens with two attached hydrogens (primary N) is 1. The van der Waals surface area contributed by atoms with Crippen molar-refractivity contribution in [3.63, 3.8) is 0 Å². The van der Waals surface area contributed by atoms with E-state index in [-0.39, 0.29) is 24.4 Å². The molecule has 1 aromatic rings. The van der Waals surface area contributed by atoms with E-state index in [1.54, 1.807) is 6.07 Å². The Morgan fingerprint density at radius 2 is 2.21 bits per heavy atom. The van der Waals surface area contributed by atoms with Crippen molar-refractivity contribution in [2.75, 3.05) is 5.32 Å². The summed E-state index contributed by atoms with van der Waals surface area (Å²) in [5.74, 6) is 0.375. The van der Waals surface area contributed by atoms with Crippen molar-refractivity contribution in [1.29, 1.82) is 0 Å². The Hall–Kier alpha value is -0.770. The molecule has 0 bridgehead atoms. The van der Waals surface area contributed by atoms with E-state index in [9.17, 15) is 4.79 Å². The average molecular weight is 303 g/mol. The standard InChI is InChI=1S/C14H19ClN2O.ClH/c1-9-7-11(15)5-6-13(9)17-14(18)8-10-3-2-4-12(10)16;/h5-7,10,12H,2-4,8,16H2,1H3,(H,17,18);1H/t10-,12+;/m0./s1. The smallest absolute Gasteiger partial charge is 0.224 e. The largest absolute Gasteiger partial charge is 0.327 e. The topological polar surface area (TPSA) is 55.1 Å². The summed E-state index contributed by atoms with van der Waals surface area (Å²) in [6.45, 7) is 1.93. The second kappa shape index (κ2) is 7.13. The van der Waals surface area contributed by atoms with Gasteiger partial charge in [-0.15, -0.1) is 12.4 Å². The highest BCUT2D eigenvalue weighted by molar-refractivity contribution is 6.30. The van der Waals surface area contributed by atoms with Crippen LogP contribution in [0.25, 0.3) is 0 Å². The molecule has 0 radical (unpaired) electrons. The minimum atomic E-state index is 0. The van der Waals surface area contributed by atoms with E-state index < -0.39 is 0 Å². The first-order valence-corrected chi connectivity index (χ1v) is 6.75. The molecule has 1 aromatic carbocycles. The van der Waals surface area contributed by atoms with Crippen LogP contribution in [0.2, 0.25) is 5.02 Å². The molecule has 0 unspecified atom stereocenters. The molecule has 0 spiro atoms. The Morgan fingerprint density at radius 3 is 2.79 bits per heavy atom. The molecule has 0 aromatic heterocycles. The van der Waals surface area contributed by atoms with E-state index >= 15 is 0 Å². The zero-order valence-electron chi connectivity index (χ0n) is 11.0. The van der Waals surface area contributed by atoms with Crippen LogP contribution >= 0.6 is 24.0 Å². The number of amides is 1. The maximum Gasteiger partial charge on any atom is 0.224 e. The molecule has 19 heavy (non-hydrogen) atoms. The van der Waals surface area contributed by atoms with Gasteiger partial charge in [-0.3, -0.25) is 4.79 Å². The predicted octanol–water partition coefficient (Wildman–Crippen LogP) is 3.53. The van der Waals surface area contributed by atoms with Gasteiger partial charge >= 0.3 is 0 Å². The maximum atomic E-state index is 12.0. The average Bonchev–Trinajstić information content (AvgIpc) is 2.69. The number of aryl methyl sites for hydroxylation is 1. The molecule has 0 aliphatic heterocycles. The zero-order chi connectivity index (χ0) is 13.1. The van der Waals surface area contributed by atoms with Gasteiger partial charge in [-0.2, -0.15) is 0 Å². The minimum Gasteiger partial charge on any atom is -0.327 e. The molecular formula is C14H20Cl2N2O. The lowest BCUT2D eigenvalue weighted by atomic mass is 10.00. The molecular weight excluding hydrogens is 283 g/mol. The Bertz CT molecular complexity index is 451. The fraction of sp³-hybridized carbons (Fsp3) is 0.500. The van der Waals surface area contributed by atoms with Crippen LogP contribution in [0.1, 0.15) is 31.2 Å². The first-order chi connectivity index (χ1) is 8.56. The summed E-state index contributed by atoms with van der Waals surface area (Å²) in [5.41, 5.74) is 7.78. The van der Waals surface area contributed by atoms with Crippen LogP contribution < -0.4 is 11.1 Å². The summed E-state index contributed by atoms with van der Waals surface area (Å²) in [5, 5.41) is 3.62. The van der Waals surface area contributed by atoms with Gasteiger partial charge in [-0.05, 0) is 49.4 Å². The summed E-state index contributed by atoms with van der Waals surface area (Å²) in [4.78, 5) is 12.0. The van der Waals surface area contributed by atoms with Crippen molar-refractivity contribution >= 4 is 35.6 Å². The van der Waals surface area contributed by atoms with Crippen LogP contribution in [-0.2, 0) is 4.79 Å². The van der Waals surface area contributed by atoms with Gasteiger partial charge in [0.25, 0.3) is 0 Å². The number of hydrogen-bond acceptors (Lipinski definition) is 2. The number of rotatable bonds is 3. The summed E-state index contributed by atoms with van der Waals surface area (Å²) in [7, 11) is 0. The molecule has 106 valence electrons. The van der Waals surface area contributed by atoms with Crippen molar-refractivity contribution in [2.24, 2.45) is 11.7 Å². The van der Waals surface area contributed by atoms with Gasteiger partial charge in [0.15, 0.2) is 0 Å². The first-order valence-electron chi connectivity index (χ1n) is 6.38. The molecule has 1 aliphatic rings. The van der Waals surface area contributed by atoms with Gasteiger partial charge in [0, 0.05) is 23.2 Å². The molecule has 1 saturated carbocycles. The number of carbonyl (C=O) groups excluding carboxylic acids is 1. The lowest BCUT2D eigenvalue weighted by molar-refractivity contribution is -0.117. The van der Waals surface area contributed by atoms with Crippen molar-refractivity contribution in [3.05, 3.63) is 28.8 Å². The molecule has 3 N–H and O–H groups in total. The SMILES string of the molecule is Cc1cc(Cl)ccc1NC(=O)C[C@@H]1CCC[C@H]1N.Cl. The normalized spacial score (nSPS) is 21.8. The Balaban J connectivity index is 0.00000180. The Labute approximate surface area is 125 Å². The third-order valence-corrected chi connectivity index (χ3v) is 3.86. The second-order valence-corrected chi connectivity index (χ2v) is 5.50. The minimum absolute atomic E-state index is 0. The van der Waals surface area contributed by atoms with Crippen LogP contribution in [-0.4, -0.2) is 11.9 Å². The fourth-order valence-electron chi connectivity index (χ4n) is 2.53. The van der Waals surface area contributed by atoms with E-state index in [2.05, 4.69) is 5.32 Å². The van der Waals surface area contributed by atoms with Gasteiger partial charge in [0.05, 0.1) is 0 Å². The van der Waals surface area contributed by atoms with E-state index in [1.807, 2.05) is 19.1 Å². The third kappa shape index (κ3) is 4.37. The monoisotopic (exact) mass is 302 g/mol. The van der Waals surface area contributed by atoms with Crippen LogP contribution in [0.15, 0.2) is 18.2 Å². The Kier molecular flexibility index (Phi) is 6.11. The molecule has 1 fully saturated rings. The molecule has 5 heteroatoms. The number of carbonyl (C=O) groups is 1.